The highest BCUT2D eigenvalue weighted by Crippen LogP contribution is 2.16. The normalized spacial score (nSPS) is 18.6. The Hall–Kier alpha value is -0.470. The van der Waals surface area contributed by atoms with Crippen molar-refractivity contribution in [2.75, 3.05) is 46.5 Å². The summed E-state index contributed by atoms with van der Waals surface area (Å²) >= 11 is 1.78. The van der Waals surface area contributed by atoms with E-state index in [0.717, 1.165) is 31.5 Å². The highest BCUT2D eigenvalue weighted by Gasteiger charge is 2.19. The SMILES string of the molecule is CCN1CCCC(CNC(=NC)N(C)Cc2ccc(SC)cc2)C1.I. The molecule has 1 unspecified atom stereocenters. The molecule has 1 aliphatic rings. The maximum absolute atomic E-state index is 4.46. The van der Waals surface area contributed by atoms with E-state index in [2.05, 4.69) is 64.6 Å². The molecule has 0 aromatic heterocycles. The molecule has 0 radical (unpaired) electrons. The minimum atomic E-state index is 0. The van der Waals surface area contributed by atoms with Gasteiger partial charge in [-0.3, -0.25) is 4.99 Å². The van der Waals surface area contributed by atoms with Gasteiger partial charge in [-0.05, 0) is 55.8 Å². The average molecular weight is 476 g/mol. The molecular weight excluding hydrogens is 443 g/mol. The second-order valence-corrected chi connectivity index (χ2v) is 7.41. The smallest absolute Gasteiger partial charge is 0.193 e. The van der Waals surface area contributed by atoms with Crippen molar-refractivity contribution in [3.05, 3.63) is 29.8 Å². The third-order valence-electron chi connectivity index (χ3n) is 4.75. The summed E-state index contributed by atoms with van der Waals surface area (Å²) in [6.07, 6.45) is 4.74. The van der Waals surface area contributed by atoms with E-state index in [4.69, 9.17) is 0 Å². The first kappa shape index (κ1) is 22.6. The van der Waals surface area contributed by atoms with Gasteiger partial charge in [-0.15, -0.1) is 35.7 Å². The van der Waals surface area contributed by atoms with Gasteiger partial charge < -0.3 is 15.1 Å². The molecule has 1 aromatic carbocycles. The summed E-state index contributed by atoms with van der Waals surface area (Å²) in [6, 6.07) is 8.78. The predicted molar refractivity (Wildman–Crippen MR) is 121 cm³/mol. The van der Waals surface area contributed by atoms with Gasteiger partial charge in [-0.1, -0.05) is 19.1 Å². The Balaban J connectivity index is 0.00000312. The first-order valence-electron chi connectivity index (χ1n) is 8.93. The van der Waals surface area contributed by atoms with Gasteiger partial charge in [0, 0.05) is 38.6 Å². The Kier molecular flexibility index (Phi) is 10.8. The minimum Gasteiger partial charge on any atom is -0.356 e. The van der Waals surface area contributed by atoms with Crippen LogP contribution in [0.25, 0.3) is 0 Å². The quantitative estimate of drug-likeness (QED) is 0.293. The molecule has 1 atom stereocenters. The molecule has 1 saturated heterocycles. The molecule has 0 amide bonds. The number of likely N-dealkylation sites (tertiary alicyclic amines) is 1. The lowest BCUT2D eigenvalue weighted by molar-refractivity contribution is 0.183. The molecule has 4 nitrogen and oxygen atoms in total. The van der Waals surface area contributed by atoms with E-state index in [1.165, 1.54) is 36.4 Å². The highest BCUT2D eigenvalue weighted by molar-refractivity contribution is 14.0. The second kappa shape index (κ2) is 12.0. The van der Waals surface area contributed by atoms with Crippen molar-refractivity contribution < 1.29 is 0 Å². The summed E-state index contributed by atoms with van der Waals surface area (Å²) < 4.78 is 0. The van der Waals surface area contributed by atoms with Gasteiger partial charge in [0.05, 0.1) is 0 Å². The zero-order valence-corrected chi connectivity index (χ0v) is 19.1. The summed E-state index contributed by atoms with van der Waals surface area (Å²) in [5.41, 5.74) is 1.31. The average Bonchev–Trinajstić information content (AvgIpc) is 2.63. The number of piperidine rings is 1. The fourth-order valence-corrected chi connectivity index (χ4v) is 3.71. The molecule has 1 heterocycles. The molecule has 142 valence electrons. The number of nitrogens with one attached hydrogen (secondary N) is 1. The maximum Gasteiger partial charge on any atom is 0.193 e. The van der Waals surface area contributed by atoms with Gasteiger partial charge in [-0.25, -0.2) is 0 Å². The second-order valence-electron chi connectivity index (χ2n) is 6.53. The molecule has 1 aromatic rings. The van der Waals surface area contributed by atoms with Gasteiger partial charge in [0.2, 0.25) is 0 Å². The number of aliphatic imine (C=N–C) groups is 1. The van der Waals surface area contributed by atoms with E-state index in [-0.39, 0.29) is 24.0 Å². The van der Waals surface area contributed by atoms with Gasteiger partial charge >= 0.3 is 0 Å². The summed E-state index contributed by atoms with van der Waals surface area (Å²) in [5.74, 6) is 1.71. The van der Waals surface area contributed by atoms with Crippen LogP contribution in [0.15, 0.2) is 34.2 Å². The van der Waals surface area contributed by atoms with Crippen molar-refractivity contribution >= 4 is 41.7 Å². The third-order valence-corrected chi connectivity index (χ3v) is 5.49. The van der Waals surface area contributed by atoms with Crippen molar-refractivity contribution in [1.82, 2.24) is 15.1 Å². The van der Waals surface area contributed by atoms with Crippen LogP contribution in [0.2, 0.25) is 0 Å². The van der Waals surface area contributed by atoms with Crippen LogP contribution in [-0.2, 0) is 6.54 Å². The maximum atomic E-state index is 4.46. The van der Waals surface area contributed by atoms with Crippen LogP contribution in [0.4, 0.5) is 0 Å². The molecule has 2 rings (SSSR count). The van der Waals surface area contributed by atoms with E-state index >= 15 is 0 Å². The number of thioether (sulfide) groups is 1. The number of guanidine groups is 1. The van der Waals surface area contributed by atoms with E-state index in [1.807, 2.05) is 7.05 Å². The van der Waals surface area contributed by atoms with Crippen molar-refractivity contribution in [2.24, 2.45) is 10.9 Å². The highest BCUT2D eigenvalue weighted by atomic mass is 127. The Labute approximate surface area is 174 Å². The topological polar surface area (TPSA) is 30.9 Å². The number of rotatable bonds is 6. The van der Waals surface area contributed by atoms with Gasteiger partial charge in [0.15, 0.2) is 5.96 Å². The van der Waals surface area contributed by atoms with Crippen LogP contribution in [0.1, 0.15) is 25.3 Å². The van der Waals surface area contributed by atoms with Crippen LogP contribution >= 0.6 is 35.7 Å². The summed E-state index contributed by atoms with van der Waals surface area (Å²) in [4.78, 5) is 10.5. The molecule has 1 N–H and O–H groups in total. The molecule has 0 aliphatic carbocycles. The van der Waals surface area contributed by atoms with E-state index in [9.17, 15) is 0 Å². The molecule has 0 saturated carbocycles. The first-order chi connectivity index (χ1) is 11.7. The summed E-state index contributed by atoms with van der Waals surface area (Å²) in [6.45, 7) is 7.77. The molecule has 1 aliphatic heterocycles. The molecular formula is C19H33IN4S. The monoisotopic (exact) mass is 476 g/mol. The van der Waals surface area contributed by atoms with Crippen LogP contribution < -0.4 is 5.32 Å². The zero-order chi connectivity index (χ0) is 17.4. The molecule has 0 bridgehead atoms. The first-order valence-corrected chi connectivity index (χ1v) is 10.2. The predicted octanol–water partition coefficient (Wildman–Crippen LogP) is 3.77. The minimum absolute atomic E-state index is 0. The van der Waals surface area contributed by atoms with Gasteiger partial charge in [0.25, 0.3) is 0 Å². The van der Waals surface area contributed by atoms with Crippen molar-refractivity contribution in [2.45, 2.75) is 31.2 Å². The standard InChI is InChI=1S/C19H32N4S.HI/c1-5-23-12-6-7-17(15-23)13-21-19(20-2)22(3)14-16-8-10-18(24-4)11-9-16;/h8-11,17H,5-7,12-15H2,1-4H3,(H,20,21);1H. The molecule has 6 heteroatoms. The third kappa shape index (κ3) is 7.35. The zero-order valence-electron chi connectivity index (χ0n) is 16.0. The fourth-order valence-electron chi connectivity index (χ4n) is 3.31. The van der Waals surface area contributed by atoms with Crippen LogP contribution in [0.3, 0.4) is 0 Å². The Morgan fingerprint density at radius 2 is 2.08 bits per heavy atom. The van der Waals surface area contributed by atoms with E-state index in [1.54, 1.807) is 11.8 Å². The lowest BCUT2D eigenvalue weighted by Crippen LogP contribution is -2.44. The number of benzene rings is 1. The molecule has 0 spiro atoms. The Morgan fingerprint density at radius 3 is 2.68 bits per heavy atom. The lowest BCUT2D eigenvalue weighted by Gasteiger charge is -2.33. The molecule has 1 fully saturated rings. The van der Waals surface area contributed by atoms with E-state index in [0.29, 0.717) is 0 Å². The van der Waals surface area contributed by atoms with E-state index < -0.39 is 0 Å². The lowest BCUT2D eigenvalue weighted by atomic mass is 9.98. The summed E-state index contributed by atoms with van der Waals surface area (Å²) in [5, 5.41) is 3.57. The number of nitrogens with zero attached hydrogens (tertiary/aromatic N) is 3. The van der Waals surface area contributed by atoms with Crippen LogP contribution in [0, 0.1) is 5.92 Å². The fraction of sp³-hybridized carbons (Fsp3) is 0.632. The number of hydrogen-bond acceptors (Lipinski definition) is 3. The Morgan fingerprint density at radius 1 is 1.36 bits per heavy atom. The van der Waals surface area contributed by atoms with Crippen LogP contribution in [0.5, 0.6) is 0 Å². The van der Waals surface area contributed by atoms with Crippen molar-refractivity contribution in [3.8, 4) is 0 Å². The number of halogens is 1. The van der Waals surface area contributed by atoms with Gasteiger partial charge in [-0.2, -0.15) is 0 Å². The Bertz CT molecular complexity index is 521. The van der Waals surface area contributed by atoms with Crippen molar-refractivity contribution in [1.29, 1.82) is 0 Å². The van der Waals surface area contributed by atoms with Crippen LogP contribution in [-0.4, -0.2) is 62.3 Å². The number of hydrogen-bond donors (Lipinski definition) is 1. The molecule has 25 heavy (non-hydrogen) atoms. The summed E-state index contributed by atoms with van der Waals surface area (Å²) in [7, 11) is 3.98. The largest absolute Gasteiger partial charge is 0.356 e. The van der Waals surface area contributed by atoms with Gasteiger partial charge in [0.1, 0.15) is 0 Å². The van der Waals surface area contributed by atoms with Crippen molar-refractivity contribution in [3.63, 3.8) is 0 Å².